The predicted octanol–water partition coefficient (Wildman–Crippen LogP) is 5.22. The first-order valence-corrected chi connectivity index (χ1v) is 17.4. The molecule has 9 atom stereocenters. The molecule has 9 unspecified atom stereocenters. The highest BCUT2D eigenvalue weighted by molar-refractivity contribution is 5.16. The second-order valence-corrected chi connectivity index (χ2v) is 12.8. The van der Waals surface area contributed by atoms with Gasteiger partial charge in [0.05, 0.1) is 38.1 Å². The highest BCUT2D eigenvalue weighted by Crippen LogP contribution is 2.34. The molecule has 0 aromatic heterocycles. The van der Waals surface area contributed by atoms with E-state index in [4.69, 9.17) is 33.5 Å². The average Bonchev–Trinajstić information content (AvgIpc) is 3.14. The minimum absolute atomic E-state index is 0.219. The van der Waals surface area contributed by atoms with Crippen LogP contribution in [0.1, 0.15) is 55.7 Å². The van der Waals surface area contributed by atoms with Gasteiger partial charge >= 0.3 is 0 Å². The fourth-order valence-electron chi connectivity index (χ4n) is 6.31. The van der Waals surface area contributed by atoms with Crippen LogP contribution in [0, 0.1) is 0 Å². The summed E-state index contributed by atoms with van der Waals surface area (Å²) in [4.78, 5) is 0. The average molecular weight is 695 g/mol. The zero-order valence-electron chi connectivity index (χ0n) is 28.4. The first-order chi connectivity index (χ1) is 24.3. The van der Waals surface area contributed by atoms with E-state index in [-0.39, 0.29) is 13.0 Å². The van der Waals surface area contributed by atoms with Gasteiger partial charge in [0.25, 0.3) is 0 Å². The Labute approximate surface area is 293 Å². The van der Waals surface area contributed by atoms with E-state index in [1.54, 1.807) is 0 Å². The molecule has 5 rings (SSSR count). The molecule has 0 spiro atoms. The third-order valence-corrected chi connectivity index (χ3v) is 9.05. The molecule has 11 nitrogen and oxygen atoms in total. The highest BCUT2D eigenvalue weighted by Gasteiger charge is 2.49. The van der Waals surface area contributed by atoms with E-state index < -0.39 is 73.4 Å². The fraction of sp³-hybridized carbons (Fsp3) is 0.487. The van der Waals surface area contributed by atoms with Crippen molar-refractivity contribution in [2.75, 3.05) is 6.61 Å². The predicted molar refractivity (Wildman–Crippen MR) is 184 cm³/mol. The van der Waals surface area contributed by atoms with Gasteiger partial charge in [-0.2, -0.15) is 0 Å². The molecular weight excluding hydrogens is 644 g/mol. The van der Waals surface area contributed by atoms with Crippen molar-refractivity contribution in [3.05, 3.63) is 119 Å². The maximum absolute atomic E-state index is 10.7. The maximum Gasteiger partial charge on any atom is 0.217 e. The lowest BCUT2D eigenvalue weighted by molar-refractivity contribution is -0.338. The van der Waals surface area contributed by atoms with E-state index in [0.29, 0.717) is 26.1 Å². The molecule has 50 heavy (non-hydrogen) atoms. The van der Waals surface area contributed by atoms with Crippen LogP contribution >= 0.6 is 0 Å². The van der Waals surface area contributed by atoms with Crippen LogP contribution in [0.15, 0.2) is 103 Å². The van der Waals surface area contributed by atoms with Gasteiger partial charge in [0.2, 0.25) is 6.29 Å². The second kappa shape index (κ2) is 19.3. The normalized spacial score (nSPS) is 27.3. The molecule has 2 fully saturated rings. The van der Waals surface area contributed by atoms with Gasteiger partial charge in [-0.25, -0.2) is 0 Å². The van der Waals surface area contributed by atoms with Gasteiger partial charge in [0, 0.05) is 13.0 Å². The molecule has 11 heteroatoms. The van der Waals surface area contributed by atoms with Gasteiger partial charge in [-0.05, 0) is 36.5 Å². The topological polar surface area (TPSA) is 157 Å². The molecule has 1 aliphatic carbocycles. The summed E-state index contributed by atoms with van der Waals surface area (Å²) < 4.78 is 38.9. The lowest BCUT2D eigenvalue weighted by Crippen LogP contribution is -2.61. The largest absolute Gasteiger partial charge is 0.506 e. The third kappa shape index (κ3) is 10.6. The summed E-state index contributed by atoms with van der Waals surface area (Å²) in [6, 6.07) is 29.5. The van der Waals surface area contributed by atoms with E-state index in [2.05, 4.69) is 0 Å². The van der Waals surface area contributed by atoms with Gasteiger partial charge in [-0.1, -0.05) is 104 Å². The number of aliphatic hydroxyl groups excluding tert-OH is 5. The minimum Gasteiger partial charge on any atom is -0.506 e. The van der Waals surface area contributed by atoms with Crippen molar-refractivity contribution in [1.29, 1.82) is 0 Å². The number of benzene rings is 3. The van der Waals surface area contributed by atoms with Crippen LogP contribution in [0.5, 0.6) is 0 Å². The van der Waals surface area contributed by atoms with Crippen molar-refractivity contribution in [1.82, 2.24) is 0 Å². The Morgan fingerprint density at radius 1 is 0.680 bits per heavy atom. The van der Waals surface area contributed by atoms with Crippen molar-refractivity contribution >= 4 is 0 Å². The van der Waals surface area contributed by atoms with E-state index in [9.17, 15) is 20.4 Å². The van der Waals surface area contributed by atoms with Gasteiger partial charge in [-0.15, -0.1) is 0 Å². The first-order valence-electron chi connectivity index (χ1n) is 17.4. The Morgan fingerprint density at radius 3 is 1.68 bits per heavy atom. The first kappa shape index (κ1) is 37.9. The van der Waals surface area contributed by atoms with Crippen LogP contribution in [0.4, 0.5) is 0 Å². The monoisotopic (exact) mass is 694 g/mol. The van der Waals surface area contributed by atoms with Crippen LogP contribution in [0.25, 0.3) is 0 Å². The fourth-order valence-corrected chi connectivity index (χ4v) is 6.31. The minimum atomic E-state index is -1.92. The van der Waals surface area contributed by atoms with Gasteiger partial charge in [-0.3, -0.25) is 0 Å². The smallest absolute Gasteiger partial charge is 0.217 e. The van der Waals surface area contributed by atoms with Crippen LogP contribution in [0.2, 0.25) is 0 Å². The van der Waals surface area contributed by atoms with E-state index in [0.717, 1.165) is 29.5 Å². The zero-order chi connectivity index (χ0) is 35.3. The Morgan fingerprint density at radius 2 is 1.16 bits per heavy atom. The molecule has 3 aromatic carbocycles. The summed E-state index contributed by atoms with van der Waals surface area (Å²) in [5.74, 6) is -1.78. The van der Waals surface area contributed by atoms with Gasteiger partial charge < -0.3 is 54.0 Å². The molecule has 5 N–H and O–H groups in total. The molecule has 3 aromatic rings. The Balaban J connectivity index is 1.39. The van der Waals surface area contributed by atoms with E-state index in [1.165, 1.54) is 0 Å². The van der Waals surface area contributed by atoms with Crippen molar-refractivity contribution < 1.29 is 54.0 Å². The molecule has 0 bridgehead atoms. The molecule has 0 radical (unpaired) electrons. The van der Waals surface area contributed by atoms with Crippen molar-refractivity contribution in [3.8, 4) is 0 Å². The number of ether oxygens (including phenoxy) is 6. The van der Waals surface area contributed by atoms with Crippen molar-refractivity contribution in [2.24, 2.45) is 0 Å². The number of aliphatic hydroxyl groups is 5. The second-order valence-electron chi connectivity index (χ2n) is 12.8. The van der Waals surface area contributed by atoms with Crippen molar-refractivity contribution in [3.63, 3.8) is 0 Å². The van der Waals surface area contributed by atoms with Crippen molar-refractivity contribution in [2.45, 2.75) is 114 Å². The molecule has 1 saturated heterocycles. The van der Waals surface area contributed by atoms with Crippen LogP contribution < -0.4 is 0 Å². The van der Waals surface area contributed by atoms with Crippen LogP contribution in [-0.2, 0) is 48.2 Å². The summed E-state index contributed by atoms with van der Waals surface area (Å²) in [5, 5.41) is 50.4. The molecular formula is C39H50O11. The molecule has 0 amide bonds. The van der Waals surface area contributed by atoms with E-state index in [1.807, 2.05) is 97.9 Å². The molecule has 1 aliphatic heterocycles. The summed E-state index contributed by atoms with van der Waals surface area (Å²) in [6.45, 7) is 2.40. The Hall–Kier alpha value is -3.36. The Kier molecular flexibility index (Phi) is 14.6. The highest BCUT2D eigenvalue weighted by atomic mass is 16.7. The summed E-state index contributed by atoms with van der Waals surface area (Å²) in [7, 11) is 0. The molecule has 2 aliphatic rings. The SMILES string of the molecule is CC1OC(OC2CCCCC2OC(O)/C(O)=C(/O)C(O)CCO)C(OCc2ccccc2)C(OCc2ccccc2)C1OCc1ccccc1. The third-order valence-electron chi connectivity index (χ3n) is 9.05. The molecule has 1 saturated carbocycles. The van der Waals surface area contributed by atoms with E-state index >= 15 is 0 Å². The summed E-state index contributed by atoms with van der Waals surface area (Å²) in [5.41, 5.74) is 2.96. The quantitative estimate of drug-likeness (QED) is 0.0933. The van der Waals surface area contributed by atoms with Gasteiger partial charge in [0.15, 0.2) is 17.8 Å². The lowest BCUT2D eigenvalue weighted by Gasteiger charge is -2.46. The molecule has 1 heterocycles. The van der Waals surface area contributed by atoms with Gasteiger partial charge in [0.1, 0.15) is 24.4 Å². The number of hydrogen-bond donors (Lipinski definition) is 5. The van der Waals surface area contributed by atoms with Crippen LogP contribution in [-0.4, -0.2) is 87.4 Å². The lowest BCUT2D eigenvalue weighted by atomic mass is 9.93. The summed E-state index contributed by atoms with van der Waals surface area (Å²) in [6.07, 6.45) is -5.52. The number of hydrogen-bond acceptors (Lipinski definition) is 11. The standard InChI is InChI=1S/C39H50O11/c1-26-35(45-23-27-13-5-2-6-14-27)36(46-24-28-15-7-3-8-16-28)37(47-25-29-17-9-4-10-18-29)39(48-26)50-32-20-12-11-19-31(32)49-38(44)34(43)33(42)30(41)21-22-40/h2-10,13-18,26,30-32,35-44H,11-12,19-25H2,1H3/b34-33-. The summed E-state index contributed by atoms with van der Waals surface area (Å²) >= 11 is 0. The Bertz CT molecular complexity index is 1420. The molecule has 272 valence electrons. The maximum atomic E-state index is 10.7. The zero-order valence-corrected chi connectivity index (χ0v) is 28.4. The number of rotatable bonds is 17. The van der Waals surface area contributed by atoms with Crippen LogP contribution in [0.3, 0.4) is 0 Å².